The molecule has 1 unspecified atom stereocenters. The van der Waals surface area contributed by atoms with Crippen molar-refractivity contribution in [1.29, 1.82) is 0 Å². The van der Waals surface area contributed by atoms with Crippen molar-refractivity contribution in [2.75, 3.05) is 19.6 Å². The van der Waals surface area contributed by atoms with E-state index < -0.39 is 0 Å². The van der Waals surface area contributed by atoms with Crippen LogP contribution in [0.15, 0.2) is 42.5 Å². The maximum atomic E-state index is 14.3. The Kier molecular flexibility index (Phi) is 8.19. The molecule has 1 amide bonds. The molecule has 1 aliphatic heterocycles. The third kappa shape index (κ3) is 5.66. The van der Waals surface area contributed by atoms with Gasteiger partial charge in [-0.3, -0.25) is 14.8 Å². The monoisotopic (exact) mass is 523 g/mol. The fourth-order valence-corrected chi connectivity index (χ4v) is 6.27. The van der Waals surface area contributed by atoms with Crippen molar-refractivity contribution in [3.05, 3.63) is 70.9 Å². The number of hydrogen-bond donors (Lipinski definition) is 2. The van der Waals surface area contributed by atoms with Crippen LogP contribution in [0.1, 0.15) is 72.5 Å². The van der Waals surface area contributed by atoms with E-state index in [0.29, 0.717) is 36.4 Å². The maximum absolute atomic E-state index is 14.3. The van der Waals surface area contributed by atoms with E-state index in [9.17, 15) is 18.4 Å². The number of likely N-dealkylation sites (tertiary alicyclic amines) is 1. The lowest BCUT2D eigenvalue weighted by Crippen LogP contribution is -2.40. The van der Waals surface area contributed by atoms with Gasteiger partial charge in [0.2, 0.25) is 5.91 Å². The maximum Gasteiger partial charge on any atom is 0.243 e. The van der Waals surface area contributed by atoms with Crippen LogP contribution in [-0.2, 0) is 17.8 Å². The van der Waals surface area contributed by atoms with Crippen LogP contribution in [-0.4, -0.2) is 46.0 Å². The van der Waals surface area contributed by atoms with E-state index in [4.69, 9.17) is 5.21 Å². The molecule has 2 aromatic carbocycles. The molecule has 2 N–H and O–H groups in total. The smallest absolute Gasteiger partial charge is 0.243 e. The molecule has 0 bridgehead atoms. The number of amides is 1. The predicted octanol–water partition coefficient (Wildman–Crippen LogP) is 5.61. The van der Waals surface area contributed by atoms with Crippen LogP contribution in [0.3, 0.4) is 0 Å². The zero-order chi connectivity index (χ0) is 26.6. The fourth-order valence-electron chi connectivity index (χ4n) is 6.27. The summed E-state index contributed by atoms with van der Waals surface area (Å²) in [7, 11) is 0. The quantitative estimate of drug-likeness (QED) is 0.217. The van der Waals surface area contributed by atoms with Crippen molar-refractivity contribution < 1.29 is 23.6 Å². The summed E-state index contributed by atoms with van der Waals surface area (Å²) in [4.78, 5) is 27.4. The van der Waals surface area contributed by atoms with E-state index in [1.54, 1.807) is 11.5 Å². The summed E-state index contributed by atoms with van der Waals surface area (Å²) < 4.78 is 29.7. The van der Waals surface area contributed by atoms with E-state index in [2.05, 4.69) is 9.47 Å². The van der Waals surface area contributed by atoms with Crippen LogP contribution < -0.4 is 5.48 Å². The summed E-state index contributed by atoms with van der Waals surface area (Å²) in [6.45, 7) is 3.23. The van der Waals surface area contributed by atoms with Gasteiger partial charge in [-0.1, -0.05) is 18.6 Å². The first-order valence-electron chi connectivity index (χ1n) is 13.7. The van der Waals surface area contributed by atoms with E-state index in [1.807, 2.05) is 12.1 Å². The number of hydroxylamine groups is 1. The molecule has 1 atom stereocenters. The van der Waals surface area contributed by atoms with Crippen LogP contribution in [0, 0.1) is 17.6 Å². The van der Waals surface area contributed by atoms with Gasteiger partial charge in [-0.05, 0) is 93.4 Å². The van der Waals surface area contributed by atoms with Gasteiger partial charge in [0.1, 0.15) is 11.6 Å². The first-order chi connectivity index (χ1) is 18.4. The van der Waals surface area contributed by atoms with Crippen LogP contribution in [0.4, 0.5) is 8.78 Å². The second-order valence-electron chi connectivity index (χ2n) is 10.7. The largest absolute Gasteiger partial charge is 0.344 e. The molecule has 1 aromatic heterocycles. The van der Waals surface area contributed by atoms with Gasteiger partial charge in [0.25, 0.3) is 0 Å². The third-order valence-electron chi connectivity index (χ3n) is 8.30. The topological polar surface area (TPSA) is 74.6 Å². The van der Waals surface area contributed by atoms with Crippen LogP contribution >= 0.6 is 0 Å². The molecule has 5 rings (SSSR count). The summed E-state index contributed by atoms with van der Waals surface area (Å²) >= 11 is 0. The van der Waals surface area contributed by atoms with Gasteiger partial charge < -0.3 is 9.47 Å². The Balaban J connectivity index is 1.25. The average molecular weight is 524 g/mol. The molecule has 8 heteroatoms. The van der Waals surface area contributed by atoms with Crippen molar-refractivity contribution in [3.63, 3.8) is 0 Å². The highest BCUT2D eigenvalue weighted by atomic mass is 19.1. The van der Waals surface area contributed by atoms with Crippen molar-refractivity contribution in [2.45, 2.75) is 63.8 Å². The lowest BCUT2D eigenvalue weighted by molar-refractivity contribution is -0.129. The van der Waals surface area contributed by atoms with Crippen molar-refractivity contribution in [3.8, 4) is 0 Å². The van der Waals surface area contributed by atoms with Crippen LogP contribution in [0.25, 0.3) is 10.9 Å². The summed E-state index contributed by atoms with van der Waals surface area (Å²) in [5.41, 5.74) is 5.39. The Morgan fingerprint density at radius 3 is 2.45 bits per heavy atom. The molecule has 38 heavy (non-hydrogen) atoms. The van der Waals surface area contributed by atoms with Gasteiger partial charge in [-0.15, -0.1) is 0 Å². The van der Waals surface area contributed by atoms with E-state index in [0.717, 1.165) is 62.8 Å². The minimum absolute atomic E-state index is 0.107. The average Bonchev–Trinajstić information content (AvgIpc) is 3.24. The number of nitrogens with zero attached hydrogens (tertiary/aromatic N) is 2. The molecule has 3 aromatic rings. The van der Waals surface area contributed by atoms with Gasteiger partial charge in [0, 0.05) is 47.6 Å². The number of Topliss-reactive ketones (excluding diaryl/α,β-unsaturated/α-hetero) is 1. The molecule has 1 saturated heterocycles. The number of hydrogen-bond acceptors (Lipinski definition) is 4. The van der Waals surface area contributed by atoms with E-state index in [-0.39, 0.29) is 35.7 Å². The first kappa shape index (κ1) is 26.5. The number of ketones is 1. The molecular weight excluding hydrogens is 488 g/mol. The Bertz CT molecular complexity index is 1300. The number of unbranched alkanes of at least 4 members (excludes halogenated alkanes) is 2. The van der Waals surface area contributed by atoms with Gasteiger partial charge in [0.05, 0.1) is 0 Å². The normalized spacial score (nSPS) is 18.6. The van der Waals surface area contributed by atoms with Crippen LogP contribution in [0.2, 0.25) is 0 Å². The molecule has 2 heterocycles. The number of nitrogens with one attached hydrogen (secondary N) is 1. The van der Waals surface area contributed by atoms with Crippen molar-refractivity contribution in [1.82, 2.24) is 14.9 Å². The number of piperidine rings is 1. The van der Waals surface area contributed by atoms with Gasteiger partial charge >= 0.3 is 0 Å². The fraction of sp³-hybridized carbons (Fsp3) is 0.467. The molecule has 1 fully saturated rings. The van der Waals surface area contributed by atoms with Crippen molar-refractivity contribution >= 4 is 22.6 Å². The van der Waals surface area contributed by atoms with Crippen LogP contribution in [0.5, 0.6) is 0 Å². The lowest BCUT2D eigenvalue weighted by atomic mass is 9.83. The summed E-state index contributed by atoms with van der Waals surface area (Å²) in [6, 6.07) is 11.5. The number of halogens is 2. The summed E-state index contributed by atoms with van der Waals surface area (Å²) in [5.74, 6) is -0.523. The van der Waals surface area contributed by atoms with Gasteiger partial charge in [0.15, 0.2) is 5.78 Å². The second kappa shape index (κ2) is 11.7. The molecule has 2 aliphatic rings. The Hall–Kier alpha value is -3.10. The Labute approximate surface area is 221 Å². The molecule has 1 aliphatic carbocycles. The zero-order valence-corrected chi connectivity index (χ0v) is 21.6. The number of rotatable bonds is 9. The highest BCUT2D eigenvalue weighted by Gasteiger charge is 2.34. The van der Waals surface area contributed by atoms with E-state index >= 15 is 0 Å². The molecule has 0 saturated carbocycles. The molecular formula is C30H35F2N3O3. The third-order valence-corrected chi connectivity index (χ3v) is 8.30. The Morgan fingerprint density at radius 2 is 1.71 bits per heavy atom. The lowest BCUT2D eigenvalue weighted by Gasteiger charge is -2.35. The van der Waals surface area contributed by atoms with E-state index in [1.165, 1.54) is 29.8 Å². The highest BCUT2D eigenvalue weighted by molar-refractivity contribution is 6.11. The number of fused-ring (bicyclic) bond motifs is 3. The van der Waals surface area contributed by atoms with Gasteiger partial charge in [-0.25, -0.2) is 14.3 Å². The molecule has 0 radical (unpaired) electrons. The number of carbonyl (C=O) groups excluding carboxylic acids is 2. The SMILES string of the molecule is O=C(CCCCCn1c2c(c3cc(F)ccc31)C(=O)C(CN1CCC(c3ccc(F)cc3)CC1)CC2)NO. The minimum Gasteiger partial charge on any atom is -0.344 e. The minimum atomic E-state index is -0.388. The highest BCUT2D eigenvalue weighted by Crippen LogP contribution is 2.36. The number of carbonyl (C=O) groups is 2. The molecule has 0 spiro atoms. The Morgan fingerprint density at radius 1 is 0.974 bits per heavy atom. The first-order valence-corrected chi connectivity index (χ1v) is 13.7. The predicted molar refractivity (Wildman–Crippen MR) is 141 cm³/mol. The second-order valence-corrected chi connectivity index (χ2v) is 10.7. The number of aryl methyl sites for hydroxylation is 1. The molecule has 6 nitrogen and oxygen atoms in total. The standard InChI is InChI=1S/C30H35F2N3O3/c31-23-8-5-20(6-9-23)21-13-16-34(17-14-21)19-22-7-11-27-29(30(22)37)25-18-24(32)10-12-26(25)35(27)15-3-1-2-4-28(36)33-38/h5-6,8-10,12,18,21-22,38H,1-4,7,11,13-17,19H2,(H,33,36). The number of benzene rings is 2. The summed E-state index contributed by atoms with van der Waals surface area (Å²) in [5, 5.41) is 9.35. The summed E-state index contributed by atoms with van der Waals surface area (Å²) in [6.07, 6.45) is 6.11. The number of aromatic nitrogens is 1. The van der Waals surface area contributed by atoms with Crippen molar-refractivity contribution in [2.24, 2.45) is 5.92 Å². The molecule has 202 valence electrons. The van der Waals surface area contributed by atoms with Gasteiger partial charge in [-0.2, -0.15) is 0 Å². The zero-order valence-electron chi connectivity index (χ0n) is 21.6.